The molecule has 0 amide bonds. The van der Waals surface area contributed by atoms with Gasteiger partial charge in [0.2, 0.25) is 11.6 Å². The molecule has 1 aromatic rings. The van der Waals surface area contributed by atoms with Gasteiger partial charge >= 0.3 is 11.9 Å². The number of aliphatic hydroxyl groups is 1. The predicted molar refractivity (Wildman–Crippen MR) is 83.7 cm³/mol. The summed E-state index contributed by atoms with van der Waals surface area (Å²) in [5.74, 6) is -2.67. The van der Waals surface area contributed by atoms with Gasteiger partial charge in [-0.25, -0.2) is 0 Å². The van der Waals surface area contributed by atoms with E-state index in [1.807, 2.05) is 0 Å². The molecule has 0 radical (unpaired) electrons. The van der Waals surface area contributed by atoms with Crippen molar-refractivity contribution in [3.63, 3.8) is 0 Å². The van der Waals surface area contributed by atoms with Crippen LogP contribution in [0.2, 0.25) is 0 Å². The Kier molecular flexibility index (Phi) is 6.19. The molecule has 0 bridgehead atoms. The van der Waals surface area contributed by atoms with Gasteiger partial charge in [-0.3, -0.25) is 14.3 Å². The average Bonchev–Trinajstić information content (AvgIpc) is 2.48. The van der Waals surface area contributed by atoms with Crippen LogP contribution in [0.5, 0.6) is 5.75 Å². The Labute approximate surface area is 147 Å². The number of halogens is 4. The number of hydrogen-bond acceptors (Lipinski definition) is 6. The fourth-order valence-electron chi connectivity index (χ4n) is 2.74. The van der Waals surface area contributed by atoms with Gasteiger partial charge < -0.3 is 15.6 Å². The molecule has 7 nitrogen and oxygen atoms in total. The molecular weight excluding hydrogens is 384 g/mol. The Morgan fingerprint density at radius 3 is 2.62 bits per heavy atom. The molecule has 0 aromatic heterocycles. The van der Waals surface area contributed by atoms with Crippen molar-refractivity contribution in [2.24, 2.45) is 11.7 Å². The first kappa shape index (κ1) is 20.5. The molecule has 1 heterocycles. The number of rotatable bonds is 5. The maximum Gasteiger partial charge on any atom is 0.422 e. The Balaban J connectivity index is 2.30. The Hall–Kier alpha value is -1.79. The van der Waals surface area contributed by atoms with E-state index in [1.165, 1.54) is 0 Å². The molecule has 0 aliphatic carbocycles. The van der Waals surface area contributed by atoms with Crippen LogP contribution in [0.1, 0.15) is 5.56 Å². The second-order valence-corrected chi connectivity index (χ2v) is 7.52. The van der Waals surface area contributed by atoms with Gasteiger partial charge in [0, 0.05) is 34.3 Å². The second-order valence-electron chi connectivity index (χ2n) is 5.98. The standard InChI is InChI=1S/C14H16F4N2O5S/c15-9-2-7(1-8-4-26(24)5-10(19)13(8)21)3-11(12(9)20(22)23)25-6-14(16,17)18/h2-3,8,10,13,21H,1,4-6,19H2/t8-,10+,13+,26+/m1/s1. The number of nitro groups is 1. The lowest BCUT2D eigenvalue weighted by Crippen LogP contribution is -2.50. The summed E-state index contributed by atoms with van der Waals surface area (Å²) in [6.07, 6.45) is -5.87. The summed E-state index contributed by atoms with van der Waals surface area (Å²) in [6.45, 7) is -1.82. The lowest BCUT2D eigenvalue weighted by Gasteiger charge is -2.32. The van der Waals surface area contributed by atoms with Crippen LogP contribution in [-0.4, -0.2) is 50.7 Å². The first-order chi connectivity index (χ1) is 12.0. The highest BCUT2D eigenvalue weighted by molar-refractivity contribution is 7.85. The van der Waals surface area contributed by atoms with E-state index in [4.69, 9.17) is 5.73 Å². The van der Waals surface area contributed by atoms with Gasteiger partial charge in [-0.2, -0.15) is 17.6 Å². The fraction of sp³-hybridized carbons (Fsp3) is 0.571. The molecule has 1 aliphatic heterocycles. The minimum Gasteiger partial charge on any atom is -0.477 e. The lowest BCUT2D eigenvalue weighted by atomic mass is 9.91. The molecule has 4 atom stereocenters. The molecule has 1 aliphatic rings. The smallest absolute Gasteiger partial charge is 0.422 e. The summed E-state index contributed by atoms with van der Waals surface area (Å²) >= 11 is 0. The van der Waals surface area contributed by atoms with E-state index in [2.05, 4.69) is 4.74 Å². The first-order valence-corrected chi connectivity index (χ1v) is 8.91. The molecule has 26 heavy (non-hydrogen) atoms. The van der Waals surface area contributed by atoms with Gasteiger partial charge in [0.1, 0.15) is 0 Å². The van der Waals surface area contributed by atoms with Gasteiger partial charge in [-0.1, -0.05) is 0 Å². The van der Waals surface area contributed by atoms with Crippen molar-refractivity contribution in [1.82, 2.24) is 0 Å². The summed E-state index contributed by atoms with van der Waals surface area (Å²) in [5, 5.41) is 21.0. The van der Waals surface area contributed by atoms with Crippen LogP contribution in [-0.2, 0) is 17.2 Å². The largest absolute Gasteiger partial charge is 0.477 e. The molecule has 0 spiro atoms. The molecule has 1 aromatic carbocycles. The second kappa shape index (κ2) is 7.84. The zero-order valence-corrected chi connectivity index (χ0v) is 14.1. The highest BCUT2D eigenvalue weighted by atomic mass is 32.2. The van der Waals surface area contributed by atoms with E-state index in [9.17, 15) is 37.0 Å². The van der Waals surface area contributed by atoms with E-state index in [0.29, 0.717) is 0 Å². The maximum atomic E-state index is 14.0. The quantitative estimate of drug-likeness (QED) is 0.437. The highest BCUT2D eigenvalue weighted by Crippen LogP contribution is 2.34. The van der Waals surface area contributed by atoms with Gasteiger partial charge in [0.05, 0.1) is 11.0 Å². The molecular formula is C14H16F4N2O5S. The van der Waals surface area contributed by atoms with Crippen LogP contribution in [0.15, 0.2) is 12.1 Å². The van der Waals surface area contributed by atoms with E-state index in [-0.39, 0.29) is 23.5 Å². The van der Waals surface area contributed by atoms with Crippen LogP contribution in [0.3, 0.4) is 0 Å². The summed E-state index contributed by atoms with van der Waals surface area (Å²) in [5.41, 5.74) is 4.54. The van der Waals surface area contributed by atoms with Crippen molar-refractivity contribution >= 4 is 16.5 Å². The van der Waals surface area contributed by atoms with Gasteiger partial charge in [0.25, 0.3) is 0 Å². The van der Waals surface area contributed by atoms with Crippen molar-refractivity contribution in [2.45, 2.75) is 24.7 Å². The van der Waals surface area contributed by atoms with Crippen molar-refractivity contribution in [3.05, 3.63) is 33.6 Å². The summed E-state index contributed by atoms with van der Waals surface area (Å²) in [4.78, 5) is 9.74. The van der Waals surface area contributed by atoms with E-state index in [0.717, 1.165) is 12.1 Å². The number of nitro benzene ring substituents is 1. The number of hydrogen-bond donors (Lipinski definition) is 2. The Bertz CT molecular complexity index is 715. The molecule has 0 unspecified atom stereocenters. The number of aliphatic hydroxyl groups excluding tert-OH is 1. The summed E-state index contributed by atoms with van der Waals surface area (Å²) in [6, 6.07) is 0.954. The van der Waals surface area contributed by atoms with Crippen LogP contribution >= 0.6 is 0 Å². The third-order valence-corrected chi connectivity index (χ3v) is 5.42. The van der Waals surface area contributed by atoms with Crippen LogP contribution in [0.25, 0.3) is 0 Å². The van der Waals surface area contributed by atoms with E-state index < -0.39 is 63.8 Å². The van der Waals surface area contributed by atoms with Crippen molar-refractivity contribution in [3.8, 4) is 5.75 Å². The zero-order chi connectivity index (χ0) is 19.6. The molecule has 3 N–H and O–H groups in total. The Morgan fingerprint density at radius 2 is 2.04 bits per heavy atom. The minimum absolute atomic E-state index is 0.0698. The van der Waals surface area contributed by atoms with Crippen LogP contribution < -0.4 is 10.5 Å². The van der Waals surface area contributed by atoms with Crippen molar-refractivity contribution in [1.29, 1.82) is 0 Å². The van der Waals surface area contributed by atoms with E-state index >= 15 is 0 Å². The SMILES string of the molecule is N[C@H]1C[S@@](=O)C[C@@H](Cc2cc(F)c([N+](=O)[O-])c(OCC(F)(F)F)c2)[C@@H]1O. The minimum atomic E-state index is -4.76. The molecule has 2 rings (SSSR count). The summed E-state index contributed by atoms with van der Waals surface area (Å²) < 4.78 is 67.1. The number of nitrogens with two attached hydrogens (primary N) is 1. The predicted octanol–water partition coefficient (Wildman–Crippen LogP) is 1.28. The van der Waals surface area contributed by atoms with Gasteiger partial charge in [0.15, 0.2) is 6.61 Å². The van der Waals surface area contributed by atoms with E-state index in [1.54, 1.807) is 0 Å². The molecule has 12 heteroatoms. The average molecular weight is 400 g/mol. The van der Waals surface area contributed by atoms with Crippen LogP contribution in [0, 0.1) is 21.8 Å². The third kappa shape index (κ3) is 5.11. The molecule has 0 saturated carbocycles. The molecule has 146 valence electrons. The first-order valence-electron chi connectivity index (χ1n) is 7.43. The molecule has 1 fully saturated rings. The number of benzene rings is 1. The zero-order valence-electron chi connectivity index (χ0n) is 13.2. The fourth-order valence-corrected chi connectivity index (χ4v) is 4.30. The summed E-state index contributed by atoms with van der Waals surface area (Å²) in [7, 11) is -1.30. The maximum absolute atomic E-state index is 14.0. The Morgan fingerprint density at radius 1 is 1.38 bits per heavy atom. The third-order valence-electron chi connectivity index (χ3n) is 3.86. The van der Waals surface area contributed by atoms with Gasteiger partial charge in [-0.15, -0.1) is 0 Å². The normalized spacial score (nSPS) is 26.5. The van der Waals surface area contributed by atoms with Crippen LogP contribution in [0.4, 0.5) is 23.2 Å². The number of nitrogens with zero attached hydrogens (tertiary/aromatic N) is 1. The molecule has 1 saturated heterocycles. The van der Waals surface area contributed by atoms with Gasteiger partial charge in [-0.05, 0) is 24.1 Å². The monoisotopic (exact) mass is 400 g/mol. The number of ether oxygens (including phenoxy) is 1. The lowest BCUT2D eigenvalue weighted by molar-refractivity contribution is -0.388. The highest BCUT2D eigenvalue weighted by Gasteiger charge is 2.35. The topological polar surface area (TPSA) is 116 Å². The van der Waals surface area contributed by atoms with Crippen molar-refractivity contribution < 1.29 is 36.5 Å². The number of alkyl halides is 3. The van der Waals surface area contributed by atoms with Crippen molar-refractivity contribution in [2.75, 3.05) is 18.1 Å².